The Morgan fingerprint density at radius 2 is 1.86 bits per heavy atom. The van der Waals surface area contributed by atoms with Crippen LogP contribution >= 0.6 is 11.6 Å². The second kappa shape index (κ2) is 9.59. The van der Waals surface area contributed by atoms with Crippen LogP contribution in [0.4, 0.5) is 0 Å². The smallest absolute Gasteiger partial charge is 0.222 e. The molecule has 1 saturated heterocycles. The van der Waals surface area contributed by atoms with E-state index in [2.05, 4.69) is 11.0 Å². The molecular weight excluding hydrogens is 374 g/mol. The molecule has 0 unspecified atom stereocenters. The van der Waals surface area contributed by atoms with E-state index in [0.29, 0.717) is 23.4 Å². The summed E-state index contributed by atoms with van der Waals surface area (Å²) in [5.74, 6) is 1.02. The van der Waals surface area contributed by atoms with Gasteiger partial charge < -0.3 is 9.64 Å². The van der Waals surface area contributed by atoms with Crippen LogP contribution in [0.2, 0.25) is 5.02 Å². The molecule has 1 aliphatic heterocycles. The van der Waals surface area contributed by atoms with Crippen molar-refractivity contribution < 1.29 is 9.53 Å². The van der Waals surface area contributed by atoms with Crippen molar-refractivity contribution in [2.75, 3.05) is 33.3 Å². The Morgan fingerprint density at radius 3 is 2.50 bits per heavy atom. The van der Waals surface area contributed by atoms with Gasteiger partial charge >= 0.3 is 0 Å². The van der Waals surface area contributed by atoms with E-state index in [-0.39, 0.29) is 5.91 Å². The van der Waals surface area contributed by atoms with Gasteiger partial charge in [-0.25, -0.2) is 0 Å². The van der Waals surface area contributed by atoms with Gasteiger partial charge in [-0.1, -0.05) is 23.7 Å². The Labute approximate surface area is 171 Å². The molecule has 3 rings (SSSR count). The minimum absolute atomic E-state index is 0.185. The number of aryl methyl sites for hydroxylation is 1. The molecule has 0 aromatic heterocycles. The van der Waals surface area contributed by atoms with E-state index in [4.69, 9.17) is 21.6 Å². The number of methoxy groups -OCH3 is 1. The quantitative estimate of drug-likeness (QED) is 0.748. The first-order valence-corrected chi connectivity index (χ1v) is 9.78. The number of nitrogens with zero attached hydrogens (tertiary/aromatic N) is 3. The molecule has 2 aromatic carbocycles. The van der Waals surface area contributed by atoms with Gasteiger partial charge in [0.1, 0.15) is 5.75 Å². The van der Waals surface area contributed by atoms with Crippen molar-refractivity contribution in [3.05, 3.63) is 64.2 Å². The molecule has 0 atom stereocenters. The van der Waals surface area contributed by atoms with Crippen LogP contribution in [0.3, 0.4) is 0 Å². The highest BCUT2D eigenvalue weighted by molar-refractivity contribution is 6.30. The lowest BCUT2D eigenvalue weighted by atomic mass is 10.1. The number of halogens is 1. The summed E-state index contributed by atoms with van der Waals surface area (Å²) in [4.78, 5) is 16.8. The zero-order valence-corrected chi connectivity index (χ0v) is 16.8. The van der Waals surface area contributed by atoms with Gasteiger partial charge in [0.05, 0.1) is 18.7 Å². The maximum Gasteiger partial charge on any atom is 0.222 e. The van der Waals surface area contributed by atoms with Crippen molar-refractivity contribution in [2.24, 2.45) is 0 Å². The highest BCUT2D eigenvalue weighted by Gasteiger charge is 2.21. The summed E-state index contributed by atoms with van der Waals surface area (Å²) in [5, 5.41) is 9.55. The van der Waals surface area contributed by atoms with Crippen LogP contribution in [0.1, 0.15) is 23.1 Å². The number of hydrogen-bond donors (Lipinski definition) is 0. The normalized spacial score (nSPS) is 14.5. The van der Waals surface area contributed by atoms with Crippen molar-refractivity contribution in [1.29, 1.82) is 5.26 Å². The van der Waals surface area contributed by atoms with Gasteiger partial charge in [0.15, 0.2) is 0 Å². The standard InChI is InChI=1S/C22H24ClN3O2/c1-28-21-8-7-20(23)14-19(21)16-25-10-12-26(13-11-25)22(27)9-6-17-2-4-18(15-24)5-3-17/h2-5,7-8,14H,6,9-13,16H2,1H3. The van der Waals surface area contributed by atoms with Crippen LogP contribution < -0.4 is 4.74 Å². The van der Waals surface area contributed by atoms with Crippen LogP contribution in [0.25, 0.3) is 0 Å². The molecule has 0 bridgehead atoms. The third-order valence-corrected chi connectivity index (χ3v) is 5.31. The number of nitriles is 1. The molecule has 1 amide bonds. The molecule has 0 aliphatic carbocycles. The predicted molar refractivity (Wildman–Crippen MR) is 109 cm³/mol. The summed E-state index contributed by atoms with van der Waals surface area (Å²) in [6.45, 7) is 3.89. The summed E-state index contributed by atoms with van der Waals surface area (Å²) < 4.78 is 5.42. The van der Waals surface area contributed by atoms with E-state index in [1.807, 2.05) is 35.2 Å². The topological polar surface area (TPSA) is 56.6 Å². The molecule has 1 fully saturated rings. The zero-order chi connectivity index (χ0) is 19.9. The van der Waals surface area contributed by atoms with Crippen molar-refractivity contribution in [3.8, 4) is 11.8 Å². The average molecular weight is 398 g/mol. The van der Waals surface area contributed by atoms with Crippen LogP contribution in [0, 0.1) is 11.3 Å². The van der Waals surface area contributed by atoms with Crippen molar-refractivity contribution in [2.45, 2.75) is 19.4 Å². The number of piperazine rings is 1. The first-order chi connectivity index (χ1) is 13.6. The highest BCUT2D eigenvalue weighted by atomic mass is 35.5. The number of hydrogen-bond acceptors (Lipinski definition) is 4. The molecule has 0 radical (unpaired) electrons. The fraction of sp³-hybridized carbons (Fsp3) is 0.364. The van der Waals surface area contributed by atoms with Gasteiger partial charge in [-0.05, 0) is 42.3 Å². The lowest BCUT2D eigenvalue weighted by Crippen LogP contribution is -2.48. The number of carbonyl (C=O) groups is 1. The number of carbonyl (C=O) groups excluding carboxylic acids is 1. The molecule has 2 aromatic rings. The Kier molecular flexibility index (Phi) is 6.91. The maximum absolute atomic E-state index is 12.5. The molecule has 1 aliphatic rings. The monoisotopic (exact) mass is 397 g/mol. The van der Waals surface area contributed by atoms with E-state index in [1.54, 1.807) is 19.2 Å². The van der Waals surface area contributed by atoms with Crippen LogP contribution in [0.5, 0.6) is 5.75 Å². The van der Waals surface area contributed by atoms with Crippen LogP contribution in [-0.2, 0) is 17.8 Å². The van der Waals surface area contributed by atoms with Gasteiger partial charge in [-0.15, -0.1) is 0 Å². The summed E-state index contributed by atoms with van der Waals surface area (Å²) >= 11 is 6.12. The Morgan fingerprint density at radius 1 is 1.14 bits per heavy atom. The molecule has 6 heteroatoms. The maximum atomic E-state index is 12.5. The number of amides is 1. The Balaban J connectivity index is 1.47. The first-order valence-electron chi connectivity index (χ1n) is 9.40. The zero-order valence-electron chi connectivity index (χ0n) is 16.0. The number of ether oxygens (including phenoxy) is 1. The van der Waals surface area contributed by atoms with Gasteiger partial charge in [-0.2, -0.15) is 5.26 Å². The Bertz CT molecular complexity index is 853. The summed E-state index contributed by atoms with van der Waals surface area (Å²) in [6, 6.07) is 15.2. The van der Waals surface area contributed by atoms with Crippen molar-refractivity contribution in [1.82, 2.24) is 9.80 Å². The molecule has 146 valence electrons. The minimum atomic E-state index is 0.185. The fourth-order valence-corrected chi connectivity index (χ4v) is 3.62. The molecule has 28 heavy (non-hydrogen) atoms. The summed E-state index contributed by atoms with van der Waals surface area (Å²) in [7, 11) is 1.66. The van der Waals surface area contributed by atoms with E-state index in [0.717, 1.165) is 49.6 Å². The number of rotatable bonds is 6. The van der Waals surface area contributed by atoms with Crippen molar-refractivity contribution in [3.63, 3.8) is 0 Å². The summed E-state index contributed by atoms with van der Waals surface area (Å²) in [6.07, 6.45) is 1.19. The molecule has 5 nitrogen and oxygen atoms in total. The second-order valence-corrected chi connectivity index (χ2v) is 7.36. The van der Waals surface area contributed by atoms with E-state index >= 15 is 0 Å². The van der Waals surface area contributed by atoms with Crippen molar-refractivity contribution >= 4 is 17.5 Å². The van der Waals surface area contributed by atoms with E-state index in [1.165, 1.54) is 0 Å². The van der Waals surface area contributed by atoms with Gasteiger partial charge in [0.25, 0.3) is 0 Å². The Hall–Kier alpha value is -2.55. The average Bonchev–Trinajstić information content (AvgIpc) is 2.73. The largest absolute Gasteiger partial charge is 0.496 e. The molecule has 0 spiro atoms. The molecule has 0 saturated carbocycles. The fourth-order valence-electron chi connectivity index (χ4n) is 3.42. The predicted octanol–water partition coefficient (Wildman–Crippen LogP) is 3.50. The number of benzene rings is 2. The molecular formula is C22H24ClN3O2. The molecule has 0 N–H and O–H groups in total. The summed E-state index contributed by atoms with van der Waals surface area (Å²) in [5.41, 5.74) is 2.79. The molecule has 1 heterocycles. The SMILES string of the molecule is COc1ccc(Cl)cc1CN1CCN(C(=O)CCc2ccc(C#N)cc2)CC1. The lowest BCUT2D eigenvalue weighted by molar-refractivity contribution is -0.133. The van der Waals surface area contributed by atoms with Crippen LogP contribution in [-0.4, -0.2) is 49.0 Å². The minimum Gasteiger partial charge on any atom is -0.496 e. The highest BCUT2D eigenvalue weighted by Crippen LogP contribution is 2.24. The second-order valence-electron chi connectivity index (χ2n) is 6.92. The van der Waals surface area contributed by atoms with E-state index in [9.17, 15) is 4.79 Å². The first kappa shape index (κ1) is 20.2. The van der Waals surface area contributed by atoms with Gasteiger partial charge in [0.2, 0.25) is 5.91 Å². The third kappa shape index (κ3) is 5.25. The van der Waals surface area contributed by atoms with E-state index < -0.39 is 0 Å². The lowest BCUT2D eigenvalue weighted by Gasteiger charge is -2.35. The van der Waals surface area contributed by atoms with Gasteiger partial charge in [-0.3, -0.25) is 9.69 Å². The van der Waals surface area contributed by atoms with Gasteiger partial charge in [0, 0.05) is 49.7 Å². The van der Waals surface area contributed by atoms with Crippen LogP contribution in [0.15, 0.2) is 42.5 Å². The third-order valence-electron chi connectivity index (χ3n) is 5.07.